The minimum Gasteiger partial charge on any atom is -0.386 e. The van der Waals surface area contributed by atoms with Crippen LogP contribution in [0.3, 0.4) is 0 Å². The molecule has 4 heteroatoms. The van der Waals surface area contributed by atoms with Gasteiger partial charge in [0.2, 0.25) is 0 Å². The highest BCUT2D eigenvalue weighted by Crippen LogP contribution is 2.16. The molecule has 0 spiro atoms. The van der Waals surface area contributed by atoms with E-state index in [1.54, 1.807) is 7.11 Å². The van der Waals surface area contributed by atoms with E-state index in [1.165, 1.54) is 0 Å². The zero-order valence-electron chi connectivity index (χ0n) is 8.42. The fourth-order valence-corrected chi connectivity index (χ4v) is 1.90. The minimum absolute atomic E-state index is 0.111. The van der Waals surface area contributed by atoms with Crippen molar-refractivity contribution in [2.75, 3.05) is 20.2 Å². The standard InChI is InChI=1S/C9H19N3O/c1-3-8(9(10)11)12-5-4-7(6-12)13-2/h7-8H,3-6H2,1-2H3,(H3,10,11). The van der Waals surface area contributed by atoms with Crippen LogP contribution >= 0.6 is 0 Å². The van der Waals surface area contributed by atoms with Crippen LogP contribution in [0.2, 0.25) is 0 Å². The summed E-state index contributed by atoms with van der Waals surface area (Å²) in [5.41, 5.74) is 5.51. The lowest BCUT2D eigenvalue weighted by molar-refractivity contribution is 0.105. The van der Waals surface area contributed by atoms with Crippen molar-refractivity contribution in [3.8, 4) is 0 Å². The van der Waals surface area contributed by atoms with E-state index in [1.807, 2.05) is 0 Å². The Hall–Kier alpha value is -0.610. The van der Waals surface area contributed by atoms with Gasteiger partial charge >= 0.3 is 0 Å². The van der Waals surface area contributed by atoms with Crippen molar-refractivity contribution in [3.63, 3.8) is 0 Å². The van der Waals surface area contributed by atoms with Gasteiger partial charge in [0.05, 0.1) is 12.1 Å². The zero-order chi connectivity index (χ0) is 9.84. The molecule has 1 rings (SSSR count). The second-order valence-electron chi connectivity index (χ2n) is 3.52. The average Bonchev–Trinajstić information content (AvgIpc) is 2.53. The summed E-state index contributed by atoms with van der Waals surface area (Å²) in [6.45, 7) is 3.97. The Morgan fingerprint density at radius 2 is 2.46 bits per heavy atom. The fourth-order valence-electron chi connectivity index (χ4n) is 1.90. The zero-order valence-corrected chi connectivity index (χ0v) is 8.42. The highest BCUT2D eigenvalue weighted by molar-refractivity contribution is 5.82. The van der Waals surface area contributed by atoms with Gasteiger partial charge < -0.3 is 10.5 Å². The van der Waals surface area contributed by atoms with Gasteiger partial charge in [-0.1, -0.05) is 6.92 Å². The number of rotatable bonds is 4. The van der Waals surface area contributed by atoms with E-state index in [-0.39, 0.29) is 11.9 Å². The first-order valence-electron chi connectivity index (χ1n) is 4.79. The molecule has 0 bridgehead atoms. The Morgan fingerprint density at radius 1 is 1.77 bits per heavy atom. The van der Waals surface area contributed by atoms with Gasteiger partial charge in [-0.2, -0.15) is 0 Å². The van der Waals surface area contributed by atoms with Gasteiger partial charge in [0, 0.05) is 20.2 Å². The SMILES string of the molecule is CCC(C(=N)N)N1CCC(OC)C1. The highest BCUT2D eigenvalue weighted by atomic mass is 16.5. The van der Waals surface area contributed by atoms with Gasteiger partial charge in [-0.05, 0) is 12.8 Å². The molecule has 1 fully saturated rings. The predicted molar refractivity (Wildman–Crippen MR) is 53.0 cm³/mol. The quantitative estimate of drug-likeness (QED) is 0.493. The van der Waals surface area contributed by atoms with E-state index >= 15 is 0 Å². The first-order valence-corrected chi connectivity index (χ1v) is 4.79. The second kappa shape index (κ2) is 4.58. The van der Waals surface area contributed by atoms with Gasteiger partial charge in [0.25, 0.3) is 0 Å². The summed E-state index contributed by atoms with van der Waals surface area (Å²) >= 11 is 0. The molecule has 4 nitrogen and oxygen atoms in total. The average molecular weight is 185 g/mol. The van der Waals surface area contributed by atoms with Crippen LogP contribution in [-0.2, 0) is 4.74 Å². The maximum absolute atomic E-state index is 7.43. The molecule has 2 unspecified atom stereocenters. The molecule has 0 amide bonds. The normalized spacial score (nSPS) is 26.2. The Morgan fingerprint density at radius 3 is 2.85 bits per heavy atom. The molecular weight excluding hydrogens is 166 g/mol. The molecule has 1 saturated heterocycles. The van der Waals surface area contributed by atoms with Crippen LogP contribution in [0.25, 0.3) is 0 Å². The van der Waals surface area contributed by atoms with Gasteiger partial charge in [0.1, 0.15) is 5.84 Å². The summed E-state index contributed by atoms with van der Waals surface area (Å²) in [6, 6.07) is 0.111. The predicted octanol–water partition coefficient (Wildman–Crippen LogP) is 0.422. The molecule has 2 atom stereocenters. The Labute approximate surface area is 79.6 Å². The molecule has 0 aromatic heterocycles. The summed E-state index contributed by atoms with van der Waals surface area (Å²) < 4.78 is 5.26. The van der Waals surface area contributed by atoms with E-state index in [0.29, 0.717) is 6.10 Å². The van der Waals surface area contributed by atoms with Crippen molar-refractivity contribution >= 4 is 5.84 Å². The molecular formula is C9H19N3O. The molecule has 76 valence electrons. The lowest BCUT2D eigenvalue weighted by Gasteiger charge is -2.25. The number of nitrogens with two attached hydrogens (primary N) is 1. The third-order valence-corrected chi connectivity index (χ3v) is 2.70. The van der Waals surface area contributed by atoms with Crippen molar-refractivity contribution in [1.82, 2.24) is 4.90 Å². The molecule has 0 aromatic rings. The molecule has 0 saturated carbocycles. The molecule has 13 heavy (non-hydrogen) atoms. The van der Waals surface area contributed by atoms with E-state index in [2.05, 4.69) is 11.8 Å². The first-order chi connectivity index (χ1) is 6.19. The summed E-state index contributed by atoms with van der Waals surface area (Å²) in [5, 5.41) is 7.43. The second-order valence-corrected chi connectivity index (χ2v) is 3.52. The Balaban J connectivity index is 2.48. The smallest absolute Gasteiger partial charge is 0.108 e. The number of likely N-dealkylation sites (tertiary alicyclic amines) is 1. The van der Waals surface area contributed by atoms with Crippen LogP contribution < -0.4 is 5.73 Å². The fraction of sp³-hybridized carbons (Fsp3) is 0.889. The minimum atomic E-state index is 0.111. The van der Waals surface area contributed by atoms with Crippen LogP contribution in [0.4, 0.5) is 0 Å². The topological polar surface area (TPSA) is 62.3 Å². The number of hydrogen-bond donors (Lipinski definition) is 2. The van der Waals surface area contributed by atoms with Crippen LogP contribution in [0.15, 0.2) is 0 Å². The van der Waals surface area contributed by atoms with Crippen molar-refractivity contribution in [2.45, 2.75) is 31.9 Å². The molecule has 1 aliphatic heterocycles. The number of methoxy groups -OCH3 is 1. The largest absolute Gasteiger partial charge is 0.386 e. The Bertz CT molecular complexity index is 184. The molecule has 0 aromatic carbocycles. The van der Waals surface area contributed by atoms with Gasteiger partial charge in [-0.25, -0.2) is 0 Å². The third kappa shape index (κ3) is 2.42. The molecule has 0 aliphatic carbocycles. The number of nitrogens with one attached hydrogen (secondary N) is 1. The van der Waals surface area contributed by atoms with Crippen LogP contribution in [0.5, 0.6) is 0 Å². The lowest BCUT2D eigenvalue weighted by Crippen LogP contribution is -2.43. The number of nitrogens with zero attached hydrogens (tertiary/aromatic N) is 1. The summed E-state index contributed by atoms with van der Waals surface area (Å²) in [6.07, 6.45) is 2.29. The van der Waals surface area contributed by atoms with Crippen molar-refractivity contribution in [2.24, 2.45) is 5.73 Å². The molecule has 1 heterocycles. The Kier molecular flexibility index (Phi) is 3.69. The monoisotopic (exact) mass is 185 g/mol. The van der Waals surface area contributed by atoms with E-state index < -0.39 is 0 Å². The van der Waals surface area contributed by atoms with Crippen LogP contribution in [-0.4, -0.2) is 43.1 Å². The van der Waals surface area contributed by atoms with Gasteiger partial charge in [-0.15, -0.1) is 0 Å². The van der Waals surface area contributed by atoms with E-state index in [9.17, 15) is 0 Å². The number of amidine groups is 1. The van der Waals surface area contributed by atoms with E-state index in [4.69, 9.17) is 15.9 Å². The molecule has 0 radical (unpaired) electrons. The third-order valence-electron chi connectivity index (χ3n) is 2.70. The van der Waals surface area contributed by atoms with Crippen molar-refractivity contribution < 1.29 is 4.74 Å². The highest BCUT2D eigenvalue weighted by Gasteiger charge is 2.28. The maximum Gasteiger partial charge on any atom is 0.108 e. The van der Waals surface area contributed by atoms with Crippen LogP contribution in [0, 0.1) is 5.41 Å². The van der Waals surface area contributed by atoms with Gasteiger partial charge in [-0.3, -0.25) is 10.3 Å². The van der Waals surface area contributed by atoms with Crippen LogP contribution in [0.1, 0.15) is 19.8 Å². The summed E-state index contributed by atoms with van der Waals surface area (Å²) in [5.74, 6) is 0.277. The molecule has 1 aliphatic rings. The van der Waals surface area contributed by atoms with E-state index in [0.717, 1.165) is 25.9 Å². The van der Waals surface area contributed by atoms with Gasteiger partial charge in [0.15, 0.2) is 0 Å². The number of hydrogen-bond acceptors (Lipinski definition) is 3. The van der Waals surface area contributed by atoms with Crippen molar-refractivity contribution in [3.05, 3.63) is 0 Å². The first kappa shape index (κ1) is 10.5. The molecule has 3 N–H and O–H groups in total. The summed E-state index contributed by atoms with van der Waals surface area (Å²) in [4.78, 5) is 2.23. The van der Waals surface area contributed by atoms with Crippen molar-refractivity contribution in [1.29, 1.82) is 5.41 Å². The summed E-state index contributed by atoms with van der Waals surface area (Å²) in [7, 11) is 1.74. The maximum atomic E-state index is 7.43. The lowest BCUT2D eigenvalue weighted by atomic mass is 10.2. The number of ether oxygens (including phenoxy) is 1.